The Morgan fingerprint density at radius 3 is 2.62 bits per heavy atom. The van der Waals surface area contributed by atoms with Crippen molar-refractivity contribution in [1.82, 2.24) is 20.4 Å². The first-order chi connectivity index (χ1) is 15.5. The summed E-state index contributed by atoms with van der Waals surface area (Å²) in [6.45, 7) is 3.22. The van der Waals surface area contributed by atoms with Crippen molar-refractivity contribution in [3.05, 3.63) is 70.5 Å². The van der Waals surface area contributed by atoms with Gasteiger partial charge in [0.05, 0.1) is 13.0 Å². The fourth-order valence-corrected chi connectivity index (χ4v) is 3.95. The first-order valence-corrected chi connectivity index (χ1v) is 11.1. The Balaban J connectivity index is 1.24. The van der Waals surface area contributed by atoms with E-state index in [1.807, 2.05) is 31.2 Å². The quantitative estimate of drug-likeness (QED) is 0.615. The number of amides is 2. The minimum Gasteiger partial charge on any atom is -0.347 e. The summed E-state index contributed by atoms with van der Waals surface area (Å²) in [5.74, 6) is 1.09. The second-order valence-corrected chi connectivity index (χ2v) is 8.50. The van der Waals surface area contributed by atoms with Crippen LogP contribution < -0.4 is 5.32 Å². The van der Waals surface area contributed by atoms with Gasteiger partial charge in [0.1, 0.15) is 0 Å². The Kier molecular flexibility index (Phi) is 6.85. The standard InChI is InChI=1S/C24H25ClN4O3/c1-16-3-2-4-19(13-16)24-27-23(28-32-24)18-9-11-29(12-10-18)22(31)15-26-21(30)14-17-5-7-20(25)8-6-17/h2-8,13,18H,9-12,14-15H2,1H3,(H,26,30). The van der Waals surface area contributed by atoms with E-state index in [1.165, 1.54) is 0 Å². The summed E-state index contributed by atoms with van der Waals surface area (Å²) in [6.07, 6.45) is 1.74. The largest absolute Gasteiger partial charge is 0.347 e. The van der Waals surface area contributed by atoms with Crippen molar-refractivity contribution in [3.63, 3.8) is 0 Å². The van der Waals surface area contributed by atoms with Gasteiger partial charge in [-0.1, -0.05) is 46.6 Å². The molecule has 1 aromatic heterocycles. The average Bonchev–Trinajstić information content (AvgIpc) is 3.30. The van der Waals surface area contributed by atoms with E-state index in [0.717, 1.165) is 29.5 Å². The molecule has 3 aromatic rings. The highest BCUT2D eigenvalue weighted by Crippen LogP contribution is 2.28. The summed E-state index contributed by atoms with van der Waals surface area (Å²) in [6, 6.07) is 15.0. The Hall–Kier alpha value is -3.19. The van der Waals surface area contributed by atoms with Crippen LogP contribution in [0.4, 0.5) is 0 Å². The lowest BCUT2D eigenvalue weighted by Gasteiger charge is -2.30. The average molecular weight is 453 g/mol. The van der Waals surface area contributed by atoms with Crippen LogP contribution in [0, 0.1) is 6.92 Å². The third-order valence-corrected chi connectivity index (χ3v) is 5.89. The lowest BCUT2D eigenvalue weighted by atomic mass is 9.96. The van der Waals surface area contributed by atoms with Gasteiger partial charge in [0.15, 0.2) is 5.82 Å². The van der Waals surface area contributed by atoms with Crippen LogP contribution in [0.3, 0.4) is 0 Å². The molecule has 7 nitrogen and oxygen atoms in total. The van der Waals surface area contributed by atoms with Crippen LogP contribution in [0.15, 0.2) is 53.1 Å². The SMILES string of the molecule is Cc1cccc(-c2nc(C3CCN(C(=O)CNC(=O)Cc4ccc(Cl)cc4)CC3)no2)c1. The zero-order valence-corrected chi connectivity index (χ0v) is 18.6. The molecule has 8 heteroatoms. The molecular formula is C24H25ClN4O3. The van der Waals surface area contributed by atoms with Crippen molar-refractivity contribution in [3.8, 4) is 11.5 Å². The van der Waals surface area contributed by atoms with Crippen LogP contribution in [0.1, 0.15) is 35.7 Å². The summed E-state index contributed by atoms with van der Waals surface area (Å²) in [4.78, 5) is 31.0. The van der Waals surface area contributed by atoms with Gasteiger partial charge in [-0.15, -0.1) is 0 Å². The van der Waals surface area contributed by atoms with E-state index in [-0.39, 0.29) is 30.7 Å². The van der Waals surface area contributed by atoms with Gasteiger partial charge in [-0.05, 0) is 49.6 Å². The number of hydrogen-bond acceptors (Lipinski definition) is 5. The molecule has 2 heterocycles. The van der Waals surface area contributed by atoms with Gasteiger partial charge in [0.2, 0.25) is 11.8 Å². The number of aromatic nitrogens is 2. The van der Waals surface area contributed by atoms with Gasteiger partial charge in [-0.2, -0.15) is 4.98 Å². The van der Waals surface area contributed by atoms with Crippen molar-refractivity contribution in [2.45, 2.75) is 32.1 Å². The molecule has 0 radical (unpaired) electrons. The van der Waals surface area contributed by atoms with Crippen LogP contribution >= 0.6 is 11.6 Å². The number of carbonyl (C=O) groups excluding carboxylic acids is 2. The number of rotatable bonds is 6. The van der Waals surface area contributed by atoms with E-state index in [0.29, 0.717) is 29.8 Å². The molecule has 1 fully saturated rings. The zero-order valence-electron chi connectivity index (χ0n) is 17.9. The van der Waals surface area contributed by atoms with Crippen molar-refractivity contribution in [2.75, 3.05) is 19.6 Å². The lowest BCUT2D eigenvalue weighted by molar-refractivity contribution is -0.133. The zero-order chi connectivity index (χ0) is 22.5. The molecule has 0 unspecified atom stereocenters. The predicted molar refractivity (Wildman–Crippen MR) is 121 cm³/mol. The van der Waals surface area contributed by atoms with Crippen LogP contribution in [-0.2, 0) is 16.0 Å². The van der Waals surface area contributed by atoms with Crippen LogP contribution in [0.5, 0.6) is 0 Å². The summed E-state index contributed by atoms with van der Waals surface area (Å²) in [5, 5.41) is 7.50. The highest BCUT2D eigenvalue weighted by Gasteiger charge is 2.27. The molecular weight excluding hydrogens is 428 g/mol. The summed E-state index contributed by atoms with van der Waals surface area (Å²) < 4.78 is 5.46. The Morgan fingerprint density at radius 2 is 1.91 bits per heavy atom. The number of aryl methyl sites for hydroxylation is 1. The fraction of sp³-hybridized carbons (Fsp3) is 0.333. The topological polar surface area (TPSA) is 88.3 Å². The normalized spacial score (nSPS) is 14.4. The number of nitrogens with one attached hydrogen (secondary N) is 1. The van der Waals surface area contributed by atoms with Gasteiger partial charge in [0.25, 0.3) is 5.89 Å². The van der Waals surface area contributed by atoms with E-state index in [2.05, 4.69) is 15.5 Å². The maximum absolute atomic E-state index is 12.5. The summed E-state index contributed by atoms with van der Waals surface area (Å²) in [7, 11) is 0. The molecule has 2 aromatic carbocycles. The van der Waals surface area contributed by atoms with E-state index in [1.54, 1.807) is 29.2 Å². The molecule has 32 heavy (non-hydrogen) atoms. The van der Waals surface area contributed by atoms with E-state index in [4.69, 9.17) is 16.1 Å². The van der Waals surface area contributed by atoms with Crippen molar-refractivity contribution in [1.29, 1.82) is 0 Å². The molecule has 166 valence electrons. The van der Waals surface area contributed by atoms with Crippen LogP contribution in [0.2, 0.25) is 5.02 Å². The summed E-state index contributed by atoms with van der Waals surface area (Å²) >= 11 is 5.86. The molecule has 1 aliphatic heterocycles. The Bertz CT molecular complexity index is 1090. The number of benzene rings is 2. The smallest absolute Gasteiger partial charge is 0.257 e. The molecule has 0 bridgehead atoms. The molecule has 0 aliphatic carbocycles. The van der Waals surface area contributed by atoms with Gasteiger partial charge < -0.3 is 14.7 Å². The first-order valence-electron chi connectivity index (χ1n) is 10.7. The van der Waals surface area contributed by atoms with Gasteiger partial charge in [-0.25, -0.2) is 0 Å². The third kappa shape index (κ3) is 5.53. The van der Waals surface area contributed by atoms with Crippen molar-refractivity contribution in [2.24, 2.45) is 0 Å². The minimum absolute atomic E-state index is 0.00317. The molecule has 0 saturated carbocycles. The van der Waals surface area contributed by atoms with Gasteiger partial charge in [-0.3, -0.25) is 9.59 Å². The highest BCUT2D eigenvalue weighted by molar-refractivity contribution is 6.30. The van der Waals surface area contributed by atoms with E-state index >= 15 is 0 Å². The number of halogens is 1. The lowest BCUT2D eigenvalue weighted by Crippen LogP contribution is -2.44. The van der Waals surface area contributed by atoms with Gasteiger partial charge in [0, 0.05) is 29.6 Å². The second kappa shape index (κ2) is 9.96. The molecule has 1 saturated heterocycles. The Morgan fingerprint density at radius 1 is 1.16 bits per heavy atom. The molecule has 4 rings (SSSR count). The fourth-order valence-electron chi connectivity index (χ4n) is 3.82. The van der Waals surface area contributed by atoms with Crippen LogP contribution in [0.25, 0.3) is 11.5 Å². The van der Waals surface area contributed by atoms with E-state index in [9.17, 15) is 9.59 Å². The minimum atomic E-state index is -0.189. The summed E-state index contributed by atoms with van der Waals surface area (Å²) in [5.41, 5.74) is 2.89. The molecule has 0 atom stereocenters. The monoisotopic (exact) mass is 452 g/mol. The maximum Gasteiger partial charge on any atom is 0.257 e. The molecule has 2 amide bonds. The number of hydrogen-bond donors (Lipinski definition) is 1. The predicted octanol–water partition coefficient (Wildman–Crippen LogP) is 3.76. The molecule has 0 spiro atoms. The van der Waals surface area contributed by atoms with Gasteiger partial charge >= 0.3 is 0 Å². The number of piperidine rings is 1. The second-order valence-electron chi connectivity index (χ2n) is 8.06. The third-order valence-electron chi connectivity index (χ3n) is 5.63. The molecule has 1 N–H and O–H groups in total. The van der Waals surface area contributed by atoms with Crippen molar-refractivity contribution < 1.29 is 14.1 Å². The Labute approximate surface area is 191 Å². The molecule has 1 aliphatic rings. The number of nitrogens with zero attached hydrogens (tertiary/aromatic N) is 3. The highest BCUT2D eigenvalue weighted by atomic mass is 35.5. The number of likely N-dealkylation sites (tertiary alicyclic amines) is 1. The van der Waals surface area contributed by atoms with Crippen molar-refractivity contribution >= 4 is 23.4 Å². The first kappa shape index (κ1) is 22.0. The number of carbonyl (C=O) groups is 2. The van der Waals surface area contributed by atoms with E-state index < -0.39 is 0 Å². The van der Waals surface area contributed by atoms with Crippen LogP contribution in [-0.4, -0.2) is 46.5 Å². The maximum atomic E-state index is 12.5.